The lowest BCUT2D eigenvalue weighted by molar-refractivity contribution is 0.0955. The number of aromatic nitrogens is 1. The van der Waals surface area contributed by atoms with Gasteiger partial charge in [-0.2, -0.15) is 0 Å². The number of carbonyl (C=O) groups excluding carboxylic acids is 1. The molecule has 1 heterocycles. The van der Waals surface area contributed by atoms with Crippen LogP contribution in [0.25, 0.3) is 10.9 Å². The first-order chi connectivity index (χ1) is 7.63. The molecule has 1 aromatic heterocycles. The van der Waals surface area contributed by atoms with E-state index in [2.05, 4.69) is 4.98 Å². The van der Waals surface area contributed by atoms with E-state index in [1.54, 1.807) is 19.1 Å². The van der Waals surface area contributed by atoms with E-state index in [4.69, 9.17) is 5.84 Å². The number of para-hydroxylation sites is 1. The molecule has 2 rings (SSSR count). The molecule has 4 nitrogen and oxygen atoms in total. The third kappa shape index (κ3) is 1.61. The lowest BCUT2D eigenvalue weighted by Crippen LogP contribution is -2.30. The van der Waals surface area contributed by atoms with Gasteiger partial charge in [-0.3, -0.25) is 10.2 Å². The molecule has 0 fully saturated rings. The maximum Gasteiger partial charge on any atom is 0.265 e. The lowest BCUT2D eigenvalue weighted by Gasteiger charge is -2.06. The Morgan fingerprint density at radius 2 is 2.25 bits per heavy atom. The number of aryl methyl sites for hydroxylation is 1. The van der Waals surface area contributed by atoms with E-state index < -0.39 is 11.7 Å². The van der Waals surface area contributed by atoms with Gasteiger partial charge in [-0.1, -0.05) is 12.1 Å². The summed E-state index contributed by atoms with van der Waals surface area (Å²) in [7, 11) is 0. The number of fused-ring (bicyclic) bond motifs is 1. The molecule has 0 atom stereocenters. The first-order valence-electron chi connectivity index (χ1n) is 4.70. The van der Waals surface area contributed by atoms with Gasteiger partial charge >= 0.3 is 0 Å². The Balaban J connectivity index is 2.83. The Kier molecular flexibility index (Phi) is 2.54. The van der Waals surface area contributed by atoms with Crippen molar-refractivity contribution in [2.75, 3.05) is 0 Å². The van der Waals surface area contributed by atoms with Crippen molar-refractivity contribution in [3.05, 3.63) is 41.3 Å². The standard InChI is InChI=1S/C11H10FN3O/c1-6-5-8(11(16)15-13)7-3-2-4-9(12)10(7)14-6/h2-5H,13H2,1H3,(H,15,16). The summed E-state index contributed by atoms with van der Waals surface area (Å²) in [4.78, 5) is 15.6. The fourth-order valence-electron chi connectivity index (χ4n) is 1.61. The van der Waals surface area contributed by atoms with Crippen molar-refractivity contribution >= 4 is 16.8 Å². The van der Waals surface area contributed by atoms with E-state index in [0.717, 1.165) is 0 Å². The van der Waals surface area contributed by atoms with Crippen LogP contribution in [0.15, 0.2) is 24.3 Å². The predicted molar refractivity (Wildman–Crippen MR) is 58.1 cm³/mol. The zero-order valence-corrected chi connectivity index (χ0v) is 8.62. The van der Waals surface area contributed by atoms with Crippen molar-refractivity contribution in [2.24, 2.45) is 5.84 Å². The van der Waals surface area contributed by atoms with Gasteiger partial charge in [0.15, 0.2) is 0 Å². The minimum atomic E-state index is -0.457. The minimum absolute atomic E-state index is 0.182. The number of pyridine rings is 1. The molecule has 0 spiro atoms. The molecule has 0 radical (unpaired) electrons. The Hall–Kier alpha value is -2.01. The highest BCUT2D eigenvalue weighted by atomic mass is 19.1. The number of nitrogens with one attached hydrogen (secondary N) is 1. The van der Waals surface area contributed by atoms with Crippen molar-refractivity contribution in [1.29, 1.82) is 0 Å². The molecule has 16 heavy (non-hydrogen) atoms. The number of nitrogens with two attached hydrogens (primary N) is 1. The van der Waals surface area contributed by atoms with Gasteiger partial charge in [0.2, 0.25) is 0 Å². The first kappa shape index (κ1) is 10.5. The van der Waals surface area contributed by atoms with Crippen LogP contribution < -0.4 is 11.3 Å². The molecule has 0 saturated carbocycles. The number of hydrazine groups is 1. The predicted octanol–water partition coefficient (Wildman–Crippen LogP) is 1.29. The average Bonchev–Trinajstić information content (AvgIpc) is 2.28. The minimum Gasteiger partial charge on any atom is -0.290 e. The monoisotopic (exact) mass is 219 g/mol. The topological polar surface area (TPSA) is 68.0 Å². The molecule has 3 N–H and O–H groups in total. The number of nitrogens with zero attached hydrogens (tertiary/aromatic N) is 1. The number of benzene rings is 1. The van der Waals surface area contributed by atoms with Crippen LogP contribution in [-0.2, 0) is 0 Å². The van der Waals surface area contributed by atoms with Gasteiger partial charge in [0.05, 0.1) is 5.56 Å². The fourth-order valence-corrected chi connectivity index (χ4v) is 1.61. The number of hydrogen-bond donors (Lipinski definition) is 2. The van der Waals surface area contributed by atoms with Gasteiger partial charge in [0, 0.05) is 11.1 Å². The Bertz CT molecular complexity index is 568. The van der Waals surface area contributed by atoms with E-state index in [9.17, 15) is 9.18 Å². The summed E-state index contributed by atoms with van der Waals surface area (Å²) in [6, 6.07) is 6.04. The van der Waals surface area contributed by atoms with Crippen LogP contribution in [-0.4, -0.2) is 10.9 Å². The smallest absolute Gasteiger partial charge is 0.265 e. The molecule has 0 saturated heterocycles. The zero-order valence-electron chi connectivity index (χ0n) is 8.62. The van der Waals surface area contributed by atoms with Crippen molar-refractivity contribution in [3.63, 3.8) is 0 Å². The maximum atomic E-state index is 13.5. The molecule has 1 aromatic carbocycles. The summed E-state index contributed by atoms with van der Waals surface area (Å²) in [5, 5.41) is 0.452. The zero-order chi connectivity index (χ0) is 11.7. The molecule has 1 amide bonds. The van der Waals surface area contributed by atoms with E-state index in [0.29, 0.717) is 16.6 Å². The van der Waals surface area contributed by atoms with Gasteiger partial charge in [-0.05, 0) is 19.1 Å². The number of carbonyl (C=O) groups is 1. The van der Waals surface area contributed by atoms with Crippen LogP contribution in [0.1, 0.15) is 16.1 Å². The van der Waals surface area contributed by atoms with Crippen molar-refractivity contribution in [1.82, 2.24) is 10.4 Å². The van der Waals surface area contributed by atoms with E-state index in [1.165, 1.54) is 12.1 Å². The van der Waals surface area contributed by atoms with Gasteiger partial charge in [0.25, 0.3) is 5.91 Å². The molecule has 0 aliphatic rings. The van der Waals surface area contributed by atoms with E-state index >= 15 is 0 Å². The normalized spacial score (nSPS) is 10.4. The summed E-state index contributed by atoms with van der Waals surface area (Å²) < 4.78 is 13.5. The van der Waals surface area contributed by atoms with Gasteiger partial charge < -0.3 is 0 Å². The van der Waals surface area contributed by atoms with E-state index in [1.807, 2.05) is 5.43 Å². The molecule has 2 aromatic rings. The van der Waals surface area contributed by atoms with Gasteiger partial charge in [-0.15, -0.1) is 0 Å². The second-order valence-corrected chi connectivity index (χ2v) is 3.42. The second kappa shape index (κ2) is 3.86. The third-order valence-electron chi connectivity index (χ3n) is 2.29. The molecular formula is C11H10FN3O. The quantitative estimate of drug-likeness (QED) is 0.431. The molecule has 0 bridgehead atoms. The highest BCUT2D eigenvalue weighted by Crippen LogP contribution is 2.20. The van der Waals surface area contributed by atoms with Crippen LogP contribution in [0.4, 0.5) is 4.39 Å². The average molecular weight is 219 g/mol. The van der Waals surface area contributed by atoms with Gasteiger partial charge in [-0.25, -0.2) is 15.2 Å². The van der Waals surface area contributed by atoms with Crippen LogP contribution in [0.5, 0.6) is 0 Å². The summed E-state index contributed by atoms with van der Waals surface area (Å²) in [5.74, 6) is 4.16. The number of amides is 1. The lowest BCUT2D eigenvalue weighted by atomic mass is 10.1. The van der Waals surface area contributed by atoms with Crippen LogP contribution in [0, 0.1) is 12.7 Å². The number of nitrogen functional groups attached to an aromatic ring is 1. The van der Waals surface area contributed by atoms with Gasteiger partial charge in [0.1, 0.15) is 11.3 Å². The second-order valence-electron chi connectivity index (χ2n) is 3.42. The summed E-state index contributed by atoms with van der Waals surface area (Å²) in [5.41, 5.74) is 3.10. The summed E-state index contributed by atoms with van der Waals surface area (Å²) in [6.45, 7) is 1.69. The van der Waals surface area contributed by atoms with Crippen LogP contribution in [0.3, 0.4) is 0 Å². The summed E-state index contributed by atoms with van der Waals surface area (Å²) in [6.07, 6.45) is 0. The Labute approximate surface area is 91.2 Å². The molecule has 0 aliphatic heterocycles. The highest BCUT2D eigenvalue weighted by Gasteiger charge is 2.12. The van der Waals surface area contributed by atoms with E-state index in [-0.39, 0.29) is 5.52 Å². The van der Waals surface area contributed by atoms with Crippen LogP contribution in [0.2, 0.25) is 0 Å². The first-order valence-corrected chi connectivity index (χ1v) is 4.70. The fraction of sp³-hybridized carbons (Fsp3) is 0.0909. The van der Waals surface area contributed by atoms with Crippen molar-refractivity contribution in [3.8, 4) is 0 Å². The molecule has 82 valence electrons. The summed E-state index contributed by atoms with van der Waals surface area (Å²) >= 11 is 0. The molecular weight excluding hydrogens is 209 g/mol. The number of halogens is 1. The third-order valence-corrected chi connectivity index (χ3v) is 2.29. The SMILES string of the molecule is Cc1cc(C(=O)NN)c2cccc(F)c2n1. The highest BCUT2D eigenvalue weighted by molar-refractivity contribution is 6.06. The number of rotatable bonds is 1. The largest absolute Gasteiger partial charge is 0.290 e. The molecule has 0 unspecified atom stereocenters. The van der Waals surface area contributed by atoms with Crippen molar-refractivity contribution in [2.45, 2.75) is 6.92 Å². The Morgan fingerprint density at radius 3 is 2.94 bits per heavy atom. The number of hydrogen-bond acceptors (Lipinski definition) is 3. The maximum absolute atomic E-state index is 13.5. The molecule has 5 heteroatoms. The molecule has 0 aliphatic carbocycles. The van der Waals surface area contributed by atoms with Crippen molar-refractivity contribution < 1.29 is 9.18 Å². The van der Waals surface area contributed by atoms with Crippen LogP contribution >= 0.6 is 0 Å². The Morgan fingerprint density at radius 1 is 1.50 bits per heavy atom.